The first kappa shape index (κ1) is 21.9. The molecular formula is C18H19N3O7S. The van der Waals surface area contributed by atoms with Crippen LogP contribution in [0.5, 0.6) is 0 Å². The quantitative estimate of drug-likeness (QED) is 0.403. The molecule has 1 heterocycles. The summed E-state index contributed by atoms with van der Waals surface area (Å²) in [6.45, 7) is 2.88. The minimum atomic E-state index is -3.71. The van der Waals surface area contributed by atoms with Crippen molar-refractivity contribution in [3.05, 3.63) is 66.6 Å². The number of carbonyl (C=O) groups excluding carboxylic acids is 3. The van der Waals surface area contributed by atoms with Crippen LogP contribution < -0.4 is 15.4 Å². The topological polar surface area (TPSA) is 144 Å². The minimum Gasteiger partial charge on any atom is -0.467 e. The number of imide groups is 1. The molecule has 0 bridgehead atoms. The van der Waals surface area contributed by atoms with Crippen LogP contribution >= 0.6 is 0 Å². The van der Waals surface area contributed by atoms with Crippen LogP contribution in [0.25, 0.3) is 0 Å². The van der Waals surface area contributed by atoms with Crippen LogP contribution in [0.4, 0.5) is 4.79 Å². The molecule has 2 aromatic rings. The molecule has 0 fully saturated rings. The van der Waals surface area contributed by atoms with Crippen LogP contribution in [0.15, 0.2) is 64.6 Å². The zero-order valence-corrected chi connectivity index (χ0v) is 16.0. The Labute approximate surface area is 167 Å². The van der Waals surface area contributed by atoms with Gasteiger partial charge in [-0.05, 0) is 36.4 Å². The Bertz CT molecular complexity index is 967. The van der Waals surface area contributed by atoms with Crippen LogP contribution in [0, 0.1) is 0 Å². The summed E-state index contributed by atoms with van der Waals surface area (Å²) >= 11 is 0. The average Bonchev–Trinajstić information content (AvgIpc) is 3.23. The van der Waals surface area contributed by atoms with Gasteiger partial charge in [-0.15, -0.1) is 6.58 Å². The Kier molecular flexibility index (Phi) is 7.69. The van der Waals surface area contributed by atoms with Gasteiger partial charge in [-0.25, -0.2) is 22.7 Å². The Morgan fingerprint density at radius 2 is 1.86 bits per heavy atom. The SMILES string of the molecule is C=CCNS(=O)(=O)c1ccc(C(=O)OCC(=O)NC(=O)NCc2ccco2)cc1. The summed E-state index contributed by atoms with van der Waals surface area (Å²) in [5, 5.41) is 4.39. The van der Waals surface area contributed by atoms with E-state index in [9.17, 15) is 22.8 Å². The average molecular weight is 421 g/mol. The third-order valence-electron chi connectivity index (χ3n) is 3.41. The number of ether oxygens (including phenoxy) is 1. The lowest BCUT2D eigenvalue weighted by Gasteiger charge is -2.08. The molecule has 0 saturated carbocycles. The van der Waals surface area contributed by atoms with Gasteiger partial charge in [0.1, 0.15) is 5.76 Å². The van der Waals surface area contributed by atoms with E-state index in [0.717, 1.165) is 0 Å². The highest BCUT2D eigenvalue weighted by Gasteiger charge is 2.16. The predicted molar refractivity (Wildman–Crippen MR) is 101 cm³/mol. The van der Waals surface area contributed by atoms with Crippen molar-refractivity contribution in [2.24, 2.45) is 0 Å². The van der Waals surface area contributed by atoms with Crippen LogP contribution in [0.3, 0.4) is 0 Å². The van der Waals surface area contributed by atoms with Crippen LogP contribution in [-0.2, 0) is 26.1 Å². The molecule has 154 valence electrons. The fourth-order valence-electron chi connectivity index (χ4n) is 2.02. The lowest BCUT2D eigenvalue weighted by molar-refractivity contribution is -0.123. The van der Waals surface area contributed by atoms with Gasteiger partial charge in [0, 0.05) is 6.54 Å². The van der Waals surface area contributed by atoms with E-state index in [0.29, 0.717) is 5.76 Å². The Balaban J connectivity index is 1.80. The minimum absolute atomic E-state index is 0.0399. The van der Waals surface area contributed by atoms with E-state index in [1.807, 2.05) is 5.32 Å². The summed E-state index contributed by atoms with van der Waals surface area (Å²) in [6.07, 6.45) is 2.84. The monoisotopic (exact) mass is 421 g/mol. The van der Waals surface area contributed by atoms with E-state index in [-0.39, 0.29) is 23.5 Å². The van der Waals surface area contributed by atoms with E-state index in [4.69, 9.17) is 9.15 Å². The molecule has 0 radical (unpaired) electrons. The summed E-state index contributed by atoms with van der Waals surface area (Å²) in [6, 6.07) is 7.48. The van der Waals surface area contributed by atoms with Crippen LogP contribution in [0.2, 0.25) is 0 Å². The van der Waals surface area contributed by atoms with Gasteiger partial charge in [0.25, 0.3) is 5.91 Å². The van der Waals surface area contributed by atoms with Crippen molar-refractivity contribution in [2.75, 3.05) is 13.2 Å². The number of carbonyl (C=O) groups is 3. The molecule has 10 nitrogen and oxygen atoms in total. The van der Waals surface area contributed by atoms with Crippen molar-refractivity contribution in [2.45, 2.75) is 11.4 Å². The highest BCUT2D eigenvalue weighted by molar-refractivity contribution is 7.89. The van der Waals surface area contributed by atoms with E-state index in [1.165, 1.54) is 36.6 Å². The van der Waals surface area contributed by atoms with Gasteiger partial charge in [0.15, 0.2) is 6.61 Å². The molecule has 1 aromatic carbocycles. The van der Waals surface area contributed by atoms with Gasteiger partial charge in [-0.2, -0.15) is 0 Å². The molecule has 11 heteroatoms. The van der Waals surface area contributed by atoms with Gasteiger partial charge in [0.2, 0.25) is 10.0 Å². The number of amides is 3. The highest BCUT2D eigenvalue weighted by Crippen LogP contribution is 2.11. The number of rotatable bonds is 9. The molecule has 0 saturated heterocycles. The Hall–Kier alpha value is -3.44. The number of urea groups is 1. The first-order valence-electron chi connectivity index (χ1n) is 8.29. The maximum Gasteiger partial charge on any atom is 0.338 e. The first-order chi connectivity index (χ1) is 13.8. The lowest BCUT2D eigenvalue weighted by Crippen LogP contribution is -2.41. The van der Waals surface area contributed by atoms with Crippen molar-refractivity contribution in [1.82, 2.24) is 15.4 Å². The molecule has 2 rings (SSSR count). The molecule has 3 N–H and O–H groups in total. The number of sulfonamides is 1. The van der Waals surface area contributed by atoms with Gasteiger partial charge >= 0.3 is 12.0 Å². The number of hydrogen-bond donors (Lipinski definition) is 3. The highest BCUT2D eigenvalue weighted by atomic mass is 32.2. The molecule has 3 amide bonds. The number of esters is 1. The third-order valence-corrected chi connectivity index (χ3v) is 4.85. The zero-order valence-electron chi connectivity index (χ0n) is 15.2. The van der Waals surface area contributed by atoms with E-state index in [1.54, 1.807) is 12.1 Å². The zero-order chi connectivity index (χ0) is 21.3. The molecule has 0 unspecified atom stereocenters. The lowest BCUT2D eigenvalue weighted by atomic mass is 10.2. The van der Waals surface area contributed by atoms with Crippen LogP contribution in [0.1, 0.15) is 16.1 Å². The molecular weight excluding hydrogens is 402 g/mol. The van der Waals surface area contributed by atoms with E-state index in [2.05, 4.69) is 16.6 Å². The molecule has 0 aliphatic carbocycles. The summed E-state index contributed by atoms with van der Waals surface area (Å²) in [5.41, 5.74) is 0.0442. The summed E-state index contributed by atoms with van der Waals surface area (Å²) in [5.74, 6) is -1.17. The fraction of sp³-hybridized carbons (Fsp3) is 0.167. The van der Waals surface area contributed by atoms with Gasteiger partial charge in [-0.3, -0.25) is 10.1 Å². The van der Waals surface area contributed by atoms with Crippen molar-refractivity contribution in [3.8, 4) is 0 Å². The molecule has 0 aliphatic heterocycles. The molecule has 0 spiro atoms. The number of hydrogen-bond acceptors (Lipinski definition) is 7. The second-order valence-electron chi connectivity index (χ2n) is 5.55. The van der Waals surface area contributed by atoms with E-state index < -0.39 is 34.5 Å². The summed E-state index contributed by atoms with van der Waals surface area (Å²) < 4.78 is 36.0. The second kappa shape index (κ2) is 10.2. The molecule has 0 atom stereocenters. The first-order valence-corrected chi connectivity index (χ1v) is 9.78. The van der Waals surface area contributed by atoms with Crippen molar-refractivity contribution in [1.29, 1.82) is 0 Å². The Morgan fingerprint density at radius 1 is 1.14 bits per heavy atom. The molecule has 1 aromatic heterocycles. The number of benzene rings is 1. The van der Waals surface area contributed by atoms with Crippen molar-refractivity contribution in [3.63, 3.8) is 0 Å². The van der Waals surface area contributed by atoms with Crippen molar-refractivity contribution < 1.29 is 32.0 Å². The summed E-state index contributed by atoms with van der Waals surface area (Å²) in [4.78, 5) is 35.2. The fourth-order valence-corrected chi connectivity index (χ4v) is 3.02. The van der Waals surface area contributed by atoms with Gasteiger partial charge < -0.3 is 14.5 Å². The third kappa shape index (κ3) is 6.90. The maximum absolute atomic E-state index is 12.0. The summed E-state index contributed by atoms with van der Waals surface area (Å²) in [7, 11) is -3.71. The number of furan rings is 1. The van der Waals surface area contributed by atoms with Gasteiger partial charge in [-0.1, -0.05) is 6.08 Å². The van der Waals surface area contributed by atoms with Crippen LogP contribution in [-0.4, -0.2) is 39.5 Å². The Morgan fingerprint density at radius 3 is 2.48 bits per heavy atom. The van der Waals surface area contributed by atoms with Crippen molar-refractivity contribution >= 4 is 27.9 Å². The van der Waals surface area contributed by atoms with Gasteiger partial charge in [0.05, 0.1) is 23.3 Å². The maximum atomic E-state index is 12.0. The largest absolute Gasteiger partial charge is 0.467 e. The number of nitrogens with one attached hydrogen (secondary N) is 3. The van der Waals surface area contributed by atoms with E-state index >= 15 is 0 Å². The predicted octanol–water partition coefficient (Wildman–Crippen LogP) is 0.927. The standard InChI is InChI=1S/C18H19N3O7S/c1-2-9-20-29(25,26)15-7-5-13(6-8-15)17(23)28-12-16(22)21-18(24)19-11-14-4-3-10-27-14/h2-8,10,20H,1,9,11-12H2,(H2,19,21,22,24). The smallest absolute Gasteiger partial charge is 0.338 e. The molecule has 29 heavy (non-hydrogen) atoms. The normalized spacial score (nSPS) is 10.8. The molecule has 0 aliphatic rings. The second-order valence-corrected chi connectivity index (χ2v) is 7.32.